The zero-order valence-electron chi connectivity index (χ0n) is 14.6. The number of rotatable bonds is 2. The van der Waals surface area contributed by atoms with Crippen LogP contribution < -0.4 is 4.74 Å². The molecule has 0 unspecified atom stereocenters. The molecule has 28 heavy (non-hydrogen) atoms. The minimum absolute atomic E-state index is 0.0778. The molecule has 3 nitrogen and oxygen atoms in total. The molecule has 0 amide bonds. The molecule has 0 spiro atoms. The second-order valence-electron chi connectivity index (χ2n) is 6.81. The third-order valence-electron chi connectivity index (χ3n) is 5.09. The van der Waals surface area contributed by atoms with Crippen LogP contribution in [0.25, 0.3) is 0 Å². The molecule has 0 N–H and O–H groups in total. The van der Waals surface area contributed by atoms with Crippen LogP contribution in [0.2, 0.25) is 5.02 Å². The minimum Gasteiger partial charge on any atom is -0.463 e. The summed E-state index contributed by atoms with van der Waals surface area (Å²) in [5, 5.41) is 7.69. The summed E-state index contributed by atoms with van der Waals surface area (Å²) in [7, 11) is 0. The minimum atomic E-state index is -0.384. The number of hydrogen-bond acceptors (Lipinski definition) is 3. The Morgan fingerprint density at radius 3 is 2.50 bits per heavy atom. The summed E-state index contributed by atoms with van der Waals surface area (Å²) in [6.45, 7) is 0. The van der Waals surface area contributed by atoms with E-state index in [1.54, 1.807) is 0 Å². The summed E-state index contributed by atoms with van der Waals surface area (Å²) in [4.78, 5) is 0. The average molecular weight is 519 g/mol. The van der Waals surface area contributed by atoms with Gasteiger partial charge in [0.25, 0.3) is 0 Å². The molecule has 3 aromatic carbocycles. The number of fused-ring (bicyclic) bond motifs is 3. The standard InChI is InChI=1S/C22H15Br2ClN2O/c23-14-10-16-20-12-19(13-6-2-1-3-7-13)26-27(20)22(28-21(16)17(24)11-14)15-8-4-5-9-18(15)25/h1-11,20,22H,12H2/t20-,22+/m0/s1. The van der Waals surface area contributed by atoms with Crippen LogP contribution in [0.1, 0.15) is 35.4 Å². The molecule has 3 aromatic rings. The normalized spacial score (nSPS) is 20.2. The van der Waals surface area contributed by atoms with Gasteiger partial charge in [-0.3, -0.25) is 0 Å². The van der Waals surface area contributed by atoms with E-state index in [1.165, 1.54) is 0 Å². The molecule has 140 valence electrons. The smallest absolute Gasteiger partial charge is 0.215 e. The number of benzene rings is 3. The molecule has 0 aliphatic carbocycles. The fourth-order valence-corrected chi connectivity index (χ4v) is 5.38. The highest BCUT2D eigenvalue weighted by Gasteiger charge is 2.42. The SMILES string of the molecule is Clc1ccccc1[C@H]1Oc2c(Br)cc(Br)cc2[C@@H]2CC(c3ccccc3)=NN12. The molecular formula is C22H15Br2ClN2O. The number of hydrogen-bond donors (Lipinski definition) is 0. The third kappa shape index (κ3) is 3.06. The Hall–Kier alpha value is -1.82. The zero-order valence-corrected chi connectivity index (χ0v) is 18.6. The van der Waals surface area contributed by atoms with E-state index in [0.717, 1.165) is 43.5 Å². The average Bonchev–Trinajstić information content (AvgIpc) is 3.15. The van der Waals surface area contributed by atoms with Crippen molar-refractivity contribution < 1.29 is 4.74 Å². The first-order chi connectivity index (χ1) is 13.6. The number of halogens is 3. The van der Waals surface area contributed by atoms with Crippen molar-refractivity contribution in [1.82, 2.24) is 5.01 Å². The van der Waals surface area contributed by atoms with Gasteiger partial charge in [0.1, 0.15) is 5.75 Å². The van der Waals surface area contributed by atoms with Crippen molar-refractivity contribution >= 4 is 49.2 Å². The lowest BCUT2D eigenvalue weighted by molar-refractivity contribution is -0.0196. The van der Waals surface area contributed by atoms with Crippen molar-refractivity contribution in [3.8, 4) is 5.75 Å². The topological polar surface area (TPSA) is 24.8 Å². The monoisotopic (exact) mass is 516 g/mol. The molecule has 0 saturated heterocycles. The molecule has 2 aliphatic rings. The lowest BCUT2D eigenvalue weighted by Crippen LogP contribution is -2.34. The molecule has 2 aliphatic heterocycles. The van der Waals surface area contributed by atoms with Gasteiger partial charge in [-0.15, -0.1) is 0 Å². The highest BCUT2D eigenvalue weighted by Crippen LogP contribution is 2.51. The van der Waals surface area contributed by atoms with E-state index in [4.69, 9.17) is 21.4 Å². The van der Waals surface area contributed by atoms with Crippen molar-refractivity contribution in [2.24, 2.45) is 5.10 Å². The molecule has 2 heterocycles. The Bertz CT molecular complexity index is 1090. The highest BCUT2D eigenvalue weighted by molar-refractivity contribution is 9.11. The molecule has 5 rings (SSSR count). The van der Waals surface area contributed by atoms with E-state index in [0.29, 0.717) is 5.02 Å². The van der Waals surface area contributed by atoms with Crippen LogP contribution in [0.3, 0.4) is 0 Å². The van der Waals surface area contributed by atoms with Crippen LogP contribution in [0, 0.1) is 0 Å². The molecule has 0 saturated carbocycles. The van der Waals surface area contributed by atoms with Crippen LogP contribution in [0.15, 0.2) is 80.8 Å². The molecular weight excluding hydrogens is 504 g/mol. The van der Waals surface area contributed by atoms with Gasteiger partial charge in [0.05, 0.1) is 16.2 Å². The van der Waals surface area contributed by atoms with Gasteiger partial charge in [-0.25, -0.2) is 5.01 Å². The number of hydrazone groups is 1. The van der Waals surface area contributed by atoms with E-state index < -0.39 is 0 Å². The van der Waals surface area contributed by atoms with Gasteiger partial charge in [-0.2, -0.15) is 5.10 Å². The predicted molar refractivity (Wildman–Crippen MR) is 119 cm³/mol. The first-order valence-corrected chi connectivity index (χ1v) is 10.9. The molecule has 0 aromatic heterocycles. The van der Waals surface area contributed by atoms with Gasteiger partial charge < -0.3 is 4.74 Å². The molecule has 6 heteroatoms. The van der Waals surface area contributed by atoms with Crippen molar-refractivity contribution in [3.63, 3.8) is 0 Å². The summed E-state index contributed by atoms with van der Waals surface area (Å²) >= 11 is 13.8. The summed E-state index contributed by atoms with van der Waals surface area (Å²) < 4.78 is 8.37. The van der Waals surface area contributed by atoms with Crippen LogP contribution >= 0.6 is 43.5 Å². The lowest BCUT2D eigenvalue weighted by Gasteiger charge is -2.39. The molecule has 0 fully saturated rings. The van der Waals surface area contributed by atoms with Gasteiger partial charge in [0, 0.05) is 27.0 Å². The van der Waals surface area contributed by atoms with E-state index in [1.807, 2.05) is 53.5 Å². The van der Waals surface area contributed by atoms with Gasteiger partial charge in [0.15, 0.2) is 0 Å². The second-order valence-corrected chi connectivity index (χ2v) is 8.99. The fourth-order valence-electron chi connectivity index (χ4n) is 3.80. The molecule has 2 atom stereocenters. The Labute approximate surface area is 185 Å². The third-order valence-corrected chi connectivity index (χ3v) is 6.48. The van der Waals surface area contributed by atoms with Crippen molar-refractivity contribution in [3.05, 3.63) is 97.4 Å². The maximum Gasteiger partial charge on any atom is 0.215 e. The van der Waals surface area contributed by atoms with Crippen LogP contribution in [0.4, 0.5) is 0 Å². The number of ether oxygens (including phenoxy) is 1. The quantitative estimate of drug-likeness (QED) is 0.361. The summed E-state index contributed by atoms with van der Waals surface area (Å²) in [6.07, 6.45) is 0.425. The predicted octanol–water partition coefficient (Wildman–Crippen LogP) is 7.11. The maximum atomic E-state index is 6.52. The van der Waals surface area contributed by atoms with E-state index in [2.05, 4.69) is 50.1 Å². The van der Waals surface area contributed by atoms with Crippen molar-refractivity contribution in [2.75, 3.05) is 0 Å². The lowest BCUT2D eigenvalue weighted by atomic mass is 9.96. The maximum absolute atomic E-state index is 6.52. The van der Waals surface area contributed by atoms with Gasteiger partial charge in [-0.1, -0.05) is 76.1 Å². The second kappa shape index (κ2) is 7.21. The summed E-state index contributed by atoms with van der Waals surface area (Å²) in [6, 6.07) is 22.3. The van der Waals surface area contributed by atoms with E-state index >= 15 is 0 Å². The first kappa shape index (κ1) is 18.2. The Kier molecular flexibility index (Phi) is 4.69. The van der Waals surface area contributed by atoms with Crippen molar-refractivity contribution in [1.29, 1.82) is 0 Å². The Balaban J connectivity index is 1.66. The summed E-state index contributed by atoms with van der Waals surface area (Å²) in [5.74, 6) is 0.846. The van der Waals surface area contributed by atoms with Gasteiger partial charge >= 0.3 is 0 Å². The largest absolute Gasteiger partial charge is 0.463 e. The van der Waals surface area contributed by atoms with Crippen LogP contribution in [0.5, 0.6) is 5.75 Å². The first-order valence-electron chi connectivity index (χ1n) is 8.93. The zero-order chi connectivity index (χ0) is 19.3. The van der Waals surface area contributed by atoms with Crippen molar-refractivity contribution in [2.45, 2.75) is 18.7 Å². The molecule has 0 radical (unpaired) electrons. The van der Waals surface area contributed by atoms with Gasteiger partial charge in [-0.05, 0) is 39.7 Å². The summed E-state index contributed by atoms with van der Waals surface area (Å²) in [5.41, 5.74) is 4.20. The fraction of sp³-hybridized carbons (Fsp3) is 0.136. The van der Waals surface area contributed by atoms with E-state index in [9.17, 15) is 0 Å². The van der Waals surface area contributed by atoms with Gasteiger partial charge in [0.2, 0.25) is 6.23 Å². The van der Waals surface area contributed by atoms with Crippen LogP contribution in [-0.4, -0.2) is 10.7 Å². The Morgan fingerprint density at radius 1 is 0.964 bits per heavy atom. The van der Waals surface area contributed by atoms with E-state index in [-0.39, 0.29) is 12.3 Å². The highest BCUT2D eigenvalue weighted by atomic mass is 79.9. The van der Waals surface area contributed by atoms with Crippen LogP contribution in [-0.2, 0) is 0 Å². The number of nitrogens with zero attached hydrogens (tertiary/aromatic N) is 2. The molecule has 0 bridgehead atoms. The Morgan fingerprint density at radius 2 is 1.71 bits per heavy atom.